The third-order valence-corrected chi connectivity index (χ3v) is 2.75. The molecule has 4 N–H and O–H groups in total. The topological polar surface area (TPSA) is 97.4 Å². The summed E-state index contributed by atoms with van der Waals surface area (Å²) in [5, 5.41) is 14.2. The molecule has 2 aromatic heterocycles. The number of nitrogens with one attached hydrogen (secondary N) is 2. The van der Waals surface area contributed by atoms with Crippen LogP contribution >= 0.6 is 0 Å². The first kappa shape index (κ1) is 12.6. The quantitative estimate of drug-likeness (QED) is 0.651. The van der Waals surface area contributed by atoms with Crippen LogP contribution in [-0.4, -0.2) is 37.5 Å². The number of rotatable bonds is 7. The van der Waals surface area contributed by atoms with E-state index in [0.717, 1.165) is 31.8 Å². The smallest absolute Gasteiger partial charge is 0.239 e. The Bertz CT molecular complexity index is 448. The van der Waals surface area contributed by atoms with E-state index in [1.807, 2.05) is 16.9 Å². The van der Waals surface area contributed by atoms with Crippen LogP contribution in [0, 0.1) is 0 Å². The van der Waals surface area contributed by atoms with Gasteiger partial charge in [-0.05, 0) is 19.4 Å². The summed E-state index contributed by atoms with van der Waals surface area (Å²) in [6.07, 6.45) is 5.62. The Morgan fingerprint density at radius 3 is 3.11 bits per heavy atom. The van der Waals surface area contributed by atoms with Gasteiger partial charge < -0.3 is 11.1 Å². The van der Waals surface area contributed by atoms with Crippen LogP contribution in [-0.2, 0) is 13.0 Å². The first-order chi connectivity index (χ1) is 8.74. The third-order valence-electron chi connectivity index (χ3n) is 2.75. The monoisotopic (exact) mass is 249 g/mol. The Kier molecular flexibility index (Phi) is 4.30. The van der Waals surface area contributed by atoms with E-state index in [9.17, 15) is 0 Å². The standard InChI is InChI=1S/C11H19N7/c1-9(4-8-18-7-2-5-14-18)13-6-3-10-15-11(12)17-16-10/h2,5,7,9,13H,3-4,6,8H2,1H3,(H3,12,15,16,17)/t9-/m1/s1. The highest BCUT2D eigenvalue weighted by Crippen LogP contribution is 1.97. The van der Waals surface area contributed by atoms with E-state index < -0.39 is 0 Å². The van der Waals surface area contributed by atoms with Crippen LogP contribution < -0.4 is 11.1 Å². The fourth-order valence-electron chi connectivity index (χ4n) is 1.72. The van der Waals surface area contributed by atoms with Gasteiger partial charge in [0.2, 0.25) is 5.95 Å². The van der Waals surface area contributed by atoms with Gasteiger partial charge in [-0.1, -0.05) is 0 Å². The van der Waals surface area contributed by atoms with Crippen molar-refractivity contribution < 1.29 is 0 Å². The van der Waals surface area contributed by atoms with Gasteiger partial charge in [-0.2, -0.15) is 10.1 Å². The zero-order valence-electron chi connectivity index (χ0n) is 10.5. The summed E-state index contributed by atoms with van der Waals surface area (Å²) in [5.74, 6) is 1.12. The molecule has 0 aromatic carbocycles. The molecule has 0 fully saturated rings. The van der Waals surface area contributed by atoms with Crippen molar-refractivity contribution >= 4 is 5.95 Å². The van der Waals surface area contributed by atoms with Crippen LogP contribution in [0.1, 0.15) is 19.2 Å². The summed E-state index contributed by atoms with van der Waals surface area (Å²) in [6, 6.07) is 2.38. The van der Waals surface area contributed by atoms with E-state index in [2.05, 4.69) is 32.5 Å². The highest BCUT2D eigenvalue weighted by Gasteiger charge is 2.03. The van der Waals surface area contributed by atoms with Gasteiger partial charge in [-0.15, -0.1) is 5.10 Å². The van der Waals surface area contributed by atoms with Crippen LogP contribution in [0.2, 0.25) is 0 Å². The van der Waals surface area contributed by atoms with Gasteiger partial charge >= 0.3 is 0 Å². The van der Waals surface area contributed by atoms with Gasteiger partial charge in [0, 0.05) is 37.9 Å². The molecule has 0 amide bonds. The van der Waals surface area contributed by atoms with Crippen molar-refractivity contribution in [2.24, 2.45) is 0 Å². The maximum Gasteiger partial charge on any atom is 0.239 e. The molecule has 0 bridgehead atoms. The lowest BCUT2D eigenvalue weighted by Gasteiger charge is -2.12. The third kappa shape index (κ3) is 3.85. The van der Waals surface area contributed by atoms with Crippen LogP contribution in [0.5, 0.6) is 0 Å². The zero-order valence-corrected chi connectivity index (χ0v) is 10.5. The number of nitrogens with zero attached hydrogens (tertiary/aromatic N) is 4. The minimum absolute atomic E-state index is 0.303. The second-order valence-electron chi connectivity index (χ2n) is 4.30. The molecule has 2 heterocycles. The molecule has 0 unspecified atom stereocenters. The van der Waals surface area contributed by atoms with Crippen LogP contribution in [0.4, 0.5) is 5.95 Å². The van der Waals surface area contributed by atoms with E-state index in [1.54, 1.807) is 6.20 Å². The SMILES string of the molecule is C[C@H](CCn1cccn1)NCCc1nc(N)n[nH]1. The molecule has 7 heteroatoms. The summed E-state index contributed by atoms with van der Waals surface area (Å²) >= 11 is 0. The number of aryl methyl sites for hydroxylation is 1. The van der Waals surface area contributed by atoms with Crippen LogP contribution in [0.25, 0.3) is 0 Å². The maximum atomic E-state index is 5.43. The highest BCUT2D eigenvalue weighted by molar-refractivity contribution is 5.12. The van der Waals surface area contributed by atoms with Crippen LogP contribution in [0.15, 0.2) is 18.5 Å². The van der Waals surface area contributed by atoms with Gasteiger partial charge in [-0.25, -0.2) is 0 Å². The number of nitrogens with two attached hydrogens (primary N) is 1. The Labute approximate surface area is 106 Å². The van der Waals surface area contributed by atoms with E-state index in [1.165, 1.54) is 0 Å². The van der Waals surface area contributed by atoms with Gasteiger partial charge in [-0.3, -0.25) is 9.78 Å². The molecule has 0 aliphatic heterocycles. The molecular formula is C11H19N7. The Balaban J connectivity index is 1.61. The molecule has 7 nitrogen and oxygen atoms in total. The van der Waals surface area contributed by atoms with Crippen LogP contribution in [0.3, 0.4) is 0 Å². The Morgan fingerprint density at radius 1 is 1.56 bits per heavy atom. The molecule has 0 saturated heterocycles. The van der Waals surface area contributed by atoms with E-state index in [0.29, 0.717) is 12.0 Å². The fourth-order valence-corrected chi connectivity index (χ4v) is 1.72. The Morgan fingerprint density at radius 2 is 2.44 bits per heavy atom. The molecule has 2 aromatic rings. The van der Waals surface area contributed by atoms with Crippen molar-refractivity contribution in [3.8, 4) is 0 Å². The van der Waals surface area contributed by atoms with Crippen molar-refractivity contribution in [2.75, 3.05) is 12.3 Å². The lowest BCUT2D eigenvalue weighted by molar-refractivity contribution is 0.459. The minimum atomic E-state index is 0.303. The lowest BCUT2D eigenvalue weighted by Crippen LogP contribution is -2.29. The molecule has 98 valence electrons. The molecule has 0 aliphatic carbocycles. The summed E-state index contributed by atoms with van der Waals surface area (Å²) in [5.41, 5.74) is 5.43. The molecule has 0 saturated carbocycles. The molecule has 18 heavy (non-hydrogen) atoms. The summed E-state index contributed by atoms with van der Waals surface area (Å²) in [7, 11) is 0. The molecule has 0 aliphatic rings. The number of anilines is 1. The molecule has 2 rings (SSSR count). The average molecular weight is 249 g/mol. The number of nitrogen functional groups attached to an aromatic ring is 1. The first-order valence-electron chi connectivity index (χ1n) is 6.11. The highest BCUT2D eigenvalue weighted by atomic mass is 15.3. The van der Waals surface area contributed by atoms with Crippen molar-refractivity contribution in [2.45, 2.75) is 32.4 Å². The normalized spacial score (nSPS) is 12.7. The van der Waals surface area contributed by atoms with Crippen molar-refractivity contribution in [1.82, 2.24) is 30.3 Å². The molecule has 0 spiro atoms. The second kappa shape index (κ2) is 6.15. The number of aromatic amines is 1. The average Bonchev–Trinajstić information content (AvgIpc) is 2.98. The van der Waals surface area contributed by atoms with Gasteiger partial charge in [0.25, 0.3) is 0 Å². The second-order valence-corrected chi connectivity index (χ2v) is 4.30. The van der Waals surface area contributed by atoms with Crippen molar-refractivity contribution in [1.29, 1.82) is 0 Å². The van der Waals surface area contributed by atoms with Crippen molar-refractivity contribution in [3.63, 3.8) is 0 Å². The first-order valence-corrected chi connectivity index (χ1v) is 6.11. The fraction of sp³-hybridized carbons (Fsp3) is 0.545. The zero-order chi connectivity index (χ0) is 12.8. The molecular weight excluding hydrogens is 230 g/mol. The predicted octanol–water partition coefficient (Wildman–Crippen LogP) is 0.194. The predicted molar refractivity (Wildman–Crippen MR) is 68.8 cm³/mol. The molecule has 0 radical (unpaired) electrons. The van der Waals surface area contributed by atoms with E-state index in [4.69, 9.17) is 5.73 Å². The largest absolute Gasteiger partial charge is 0.367 e. The summed E-state index contributed by atoms with van der Waals surface area (Å²) < 4.78 is 1.94. The Hall–Kier alpha value is -1.89. The summed E-state index contributed by atoms with van der Waals surface area (Å²) in [6.45, 7) is 3.95. The molecule has 1 atom stereocenters. The number of aromatic nitrogens is 5. The maximum absolute atomic E-state index is 5.43. The van der Waals surface area contributed by atoms with E-state index >= 15 is 0 Å². The minimum Gasteiger partial charge on any atom is -0.367 e. The lowest BCUT2D eigenvalue weighted by atomic mass is 10.2. The van der Waals surface area contributed by atoms with Gasteiger partial charge in [0.15, 0.2) is 0 Å². The number of H-pyrrole nitrogens is 1. The van der Waals surface area contributed by atoms with Crippen molar-refractivity contribution in [3.05, 3.63) is 24.3 Å². The summed E-state index contributed by atoms with van der Waals surface area (Å²) in [4.78, 5) is 4.05. The van der Waals surface area contributed by atoms with Gasteiger partial charge in [0.1, 0.15) is 5.82 Å². The number of hydrogen-bond acceptors (Lipinski definition) is 5. The van der Waals surface area contributed by atoms with E-state index in [-0.39, 0.29) is 0 Å². The number of hydrogen-bond donors (Lipinski definition) is 3. The van der Waals surface area contributed by atoms with Gasteiger partial charge in [0.05, 0.1) is 0 Å².